The largest absolute Gasteiger partial charge is 0.494 e. The van der Waals surface area contributed by atoms with E-state index in [1.54, 1.807) is 19.1 Å². The Bertz CT molecular complexity index is 2000. The van der Waals surface area contributed by atoms with Crippen molar-refractivity contribution in [2.75, 3.05) is 12.8 Å². The molecule has 200 valence electrons. The van der Waals surface area contributed by atoms with Gasteiger partial charge in [0.2, 0.25) is 0 Å². The van der Waals surface area contributed by atoms with E-state index in [4.69, 9.17) is 15.6 Å². The first kappa shape index (κ1) is 25.0. The van der Waals surface area contributed by atoms with Crippen LogP contribution >= 0.6 is 0 Å². The fraction of sp³-hybridized carbons (Fsp3) is 0.107. The summed E-state index contributed by atoms with van der Waals surface area (Å²) in [6, 6.07) is 11.6. The van der Waals surface area contributed by atoms with Crippen molar-refractivity contribution in [1.82, 2.24) is 29.1 Å². The highest BCUT2D eigenvalue weighted by atomic mass is 19.1. The average Bonchev–Trinajstić information content (AvgIpc) is 3.34. The van der Waals surface area contributed by atoms with Crippen LogP contribution in [0.5, 0.6) is 5.75 Å². The predicted octanol–water partition coefficient (Wildman–Crippen LogP) is 4.79. The summed E-state index contributed by atoms with van der Waals surface area (Å²) >= 11 is 0. The van der Waals surface area contributed by atoms with Gasteiger partial charge in [0.05, 0.1) is 29.8 Å². The van der Waals surface area contributed by atoms with Crippen LogP contribution in [0.4, 0.5) is 19.0 Å². The van der Waals surface area contributed by atoms with Gasteiger partial charge in [-0.3, -0.25) is 9.20 Å². The van der Waals surface area contributed by atoms with Gasteiger partial charge in [0.25, 0.3) is 5.56 Å². The SMILES string of the molecule is COc1ccc(-c2nn([C@H](C)c3nc4ccc(F)cn4c(=O)c3-c3cccc(F)c3)c3ncnc(N)c23)cc1F. The molecule has 2 aromatic carbocycles. The number of benzene rings is 2. The Morgan fingerprint density at radius 1 is 0.975 bits per heavy atom. The van der Waals surface area contributed by atoms with Gasteiger partial charge in [0.15, 0.2) is 17.2 Å². The Morgan fingerprint density at radius 2 is 1.80 bits per heavy atom. The number of nitrogens with zero attached hydrogens (tertiary/aromatic N) is 6. The first-order valence-corrected chi connectivity index (χ1v) is 12.1. The summed E-state index contributed by atoms with van der Waals surface area (Å²) in [5, 5.41) is 5.08. The fourth-order valence-corrected chi connectivity index (χ4v) is 4.74. The van der Waals surface area contributed by atoms with Crippen LogP contribution in [-0.4, -0.2) is 36.2 Å². The molecule has 0 spiro atoms. The standard InChI is InChI=1S/C28H20F3N7O2/c1-14(24-22(15-4-3-5-17(29)10-15)28(39)37-12-18(30)7-9-21(37)35-24)38-27-23(26(32)33-13-34-27)25(36-38)16-6-8-20(40-2)19(31)11-16/h3-14H,1-2H3,(H2,32,33,34)/t14-/m1/s1. The minimum atomic E-state index is -0.769. The second kappa shape index (κ2) is 9.49. The van der Waals surface area contributed by atoms with Crippen LogP contribution < -0.4 is 16.0 Å². The molecule has 0 saturated carbocycles. The molecule has 0 aliphatic heterocycles. The zero-order valence-corrected chi connectivity index (χ0v) is 21.1. The molecule has 12 heteroatoms. The van der Waals surface area contributed by atoms with E-state index in [1.807, 2.05) is 0 Å². The topological polar surface area (TPSA) is 113 Å². The zero-order valence-electron chi connectivity index (χ0n) is 21.1. The number of pyridine rings is 1. The van der Waals surface area contributed by atoms with E-state index in [1.165, 1.54) is 60.6 Å². The highest BCUT2D eigenvalue weighted by molar-refractivity contribution is 5.98. The third kappa shape index (κ3) is 4.01. The number of nitrogens with two attached hydrogens (primary N) is 1. The quantitative estimate of drug-likeness (QED) is 0.333. The number of halogens is 3. The van der Waals surface area contributed by atoms with Crippen molar-refractivity contribution in [3.63, 3.8) is 0 Å². The van der Waals surface area contributed by atoms with E-state index in [-0.39, 0.29) is 34.0 Å². The van der Waals surface area contributed by atoms with Crippen molar-refractivity contribution >= 4 is 22.5 Å². The molecular formula is C28H20F3N7O2. The van der Waals surface area contributed by atoms with Gasteiger partial charge in [-0.2, -0.15) is 5.10 Å². The number of hydrogen-bond donors (Lipinski definition) is 1. The zero-order chi connectivity index (χ0) is 28.1. The molecule has 0 fully saturated rings. The number of methoxy groups -OCH3 is 1. The second-order valence-electron chi connectivity index (χ2n) is 9.04. The average molecular weight is 544 g/mol. The van der Waals surface area contributed by atoms with Gasteiger partial charge in [-0.25, -0.2) is 32.8 Å². The highest BCUT2D eigenvalue weighted by Gasteiger charge is 2.26. The van der Waals surface area contributed by atoms with Gasteiger partial charge in [0.1, 0.15) is 35.1 Å². The molecule has 0 aliphatic rings. The smallest absolute Gasteiger partial charge is 0.266 e. The van der Waals surface area contributed by atoms with Crippen molar-refractivity contribution in [2.45, 2.75) is 13.0 Å². The molecule has 0 amide bonds. The molecule has 0 unspecified atom stereocenters. The van der Waals surface area contributed by atoms with Gasteiger partial charge < -0.3 is 10.5 Å². The lowest BCUT2D eigenvalue weighted by molar-refractivity contribution is 0.386. The van der Waals surface area contributed by atoms with Crippen LogP contribution in [-0.2, 0) is 0 Å². The van der Waals surface area contributed by atoms with Crippen molar-refractivity contribution in [3.05, 3.63) is 101 Å². The maximum absolute atomic E-state index is 14.6. The number of nitrogen functional groups attached to an aromatic ring is 1. The molecule has 0 saturated heterocycles. The number of rotatable bonds is 5. The van der Waals surface area contributed by atoms with Gasteiger partial charge >= 0.3 is 0 Å². The summed E-state index contributed by atoms with van der Waals surface area (Å²) in [5.41, 5.74) is 7.33. The Kier molecular flexibility index (Phi) is 5.94. The maximum Gasteiger partial charge on any atom is 0.266 e. The fourth-order valence-electron chi connectivity index (χ4n) is 4.74. The van der Waals surface area contributed by atoms with Crippen LogP contribution in [0.25, 0.3) is 39.1 Å². The number of fused-ring (bicyclic) bond motifs is 2. The van der Waals surface area contributed by atoms with Crippen LogP contribution in [0.15, 0.2) is 71.9 Å². The second-order valence-corrected chi connectivity index (χ2v) is 9.04. The molecule has 1 atom stereocenters. The predicted molar refractivity (Wildman–Crippen MR) is 142 cm³/mol. The summed E-state index contributed by atoms with van der Waals surface area (Å²) in [5.74, 6) is -1.63. The molecule has 4 heterocycles. The monoisotopic (exact) mass is 543 g/mol. The normalized spacial score (nSPS) is 12.2. The number of ether oxygens (including phenoxy) is 1. The lowest BCUT2D eigenvalue weighted by Crippen LogP contribution is -2.23. The van der Waals surface area contributed by atoms with E-state index in [0.29, 0.717) is 22.3 Å². The van der Waals surface area contributed by atoms with Crippen LogP contribution in [0, 0.1) is 17.5 Å². The lowest BCUT2D eigenvalue weighted by atomic mass is 10.0. The van der Waals surface area contributed by atoms with Crippen LogP contribution in [0.2, 0.25) is 0 Å². The third-order valence-corrected chi connectivity index (χ3v) is 6.63. The minimum absolute atomic E-state index is 0.0535. The molecule has 2 N–H and O–H groups in total. The number of hydrogen-bond acceptors (Lipinski definition) is 7. The van der Waals surface area contributed by atoms with E-state index >= 15 is 0 Å². The summed E-state index contributed by atoms with van der Waals surface area (Å²) in [6.45, 7) is 1.73. The van der Waals surface area contributed by atoms with E-state index in [0.717, 1.165) is 10.6 Å². The van der Waals surface area contributed by atoms with Crippen LogP contribution in [0.1, 0.15) is 18.7 Å². The molecule has 6 rings (SSSR count). The molecular weight excluding hydrogens is 523 g/mol. The third-order valence-electron chi connectivity index (χ3n) is 6.63. The first-order chi connectivity index (χ1) is 19.3. The maximum atomic E-state index is 14.6. The number of aromatic nitrogens is 6. The Hall–Kier alpha value is -5.26. The van der Waals surface area contributed by atoms with E-state index in [9.17, 15) is 18.0 Å². The van der Waals surface area contributed by atoms with Crippen molar-refractivity contribution < 1.29 is 17.9 Å². The van der Waals surface area contributed by atoms with E-state index in [2.05, 4.69) is 15.0 Å². The lowest BCUT2D eigenvalue weighted by Gasteiger charge is -2.18. The van der Waals surface area contributed by atoms with Crippen LogP contribution in [0.3, 0.4) is 0 Å². The van der Waals surface area contributed by atoms with Gasteiger partial charge in [-0.15, -0.1) is 0 Å². The Morgan fingerprint density at radius 3 is 2.55 bits per heavy atom. The van der Waals surface area contributed by atoms with Gasteiger partial charge in [-0.05, 0) is 55.0 Å². The summed E-state index contributed by atoms with van der Waals surface area (Å²) in [6.07, 6.45) is 2.29. The molecule has 40 heavy (non-hydrogen) atoms. The molecule has 0 bridgehead atoms. The molecule has 0 radical (unpaired) electrons. The van der Waals surface area contributed by atoms with Gasteiger partial charge in [0, 0.05) is 11.8 Å². The summed E-state index contributed by atoms with van der Waals surface area (Å²) in [4.78, 5) is 26.8. The Labute approximate surface area is 224 Å². The summed E-state index contributed by atoms with van der Waals surface area (Å²) < 4.78 is 50.6. The minimum Gasteiger partial charge on any atom is -0.494 e. The summed E-state index contributed by atoms with van der Waals surface area (Å²) in [7, 11) is 1.36. The molecule has 0 aliphatic carbocycles. The van der Waals surface area contributed by atoms with Gasteiger partial charge in [-0.1, -0.05) is 12.1 Å². The molecule has 6 aromatic rings. The first-order valence-electron chi connectivity index (χ1n) is 12.1. The molecule has 9 nitrogen and oxygen atoms in total. The highest BCUT2D eigenvalue weighted by Crippen LogP contribution is 2.36. The van der Waals surface area contributed by atoms with Crippen molar-refractivity contribution in [2.24, 2.45) is 0 Å². The molecule has 4 aromatic heterocycles. The number of anilines is 1. The Balaban J connectivity index is 1.63. The van der Waals surface area contributed by atoms with Crippen molar-refractivity contribution in [1.29, 1.82) is 0 Å². The van der Waals surface area contributed by atoms with E-state index < -0.39 is 29.1 Å². The van der Waals surface area contributed by atoms with Crippen molar-refractivity contribution in [3.8, 4) is 28.1 Å².